The second kappa shape index (κ2) is 6.10. The Bertz CT molecular complexity index is 565. The third-order valence-electron chi connectivity index (χ3n) is 3.31. The minimum absolute atomic E-state index is 0.0539. The molecule has 5 heteroatoms. The van der Waals surface area contributed by atoms with Gasteiger partial charge >= 0.3 is 0 Å². The van der Waals surface area contributed by atoms with Gasteiger partial charge in [0.2, 0.25) is 0 Å². The summed E-state index contributed by atoms with van der Waals surface area (Å²) in [5.41, 5.74) is 1.13. The highest BCUT2D eigenvalue weighted by Gasteiger charge is 2.19. The van der Waals surface area contributed by atoms with Gasteiger partial charge in [0.15, 0.2) is 0 Å². The molecule has 0 saturated carbocycles. The lowest BCUT2D eigenvalue weighted by Gasteiger charge is -2.14. The van der Waals surface area contributed by atoms with Gasteiger partial charge in [-0.25, -0.2) is 0 Å². The third-order valence-corrected chi connectivity index (χ3v) is 5.10. The Hall–Kier alpha value is -1.49. The van der Waals surface area contributed by atoms with E-state index >= 15 is 0 Å². The molecule has 1 aromatic carbocycles. The summed E-state index contributed by atoms with van der Waals surface area (Å²) in [5, 5.41) is 8.15. The first-order valence-electron chi connectivity index (χ1n) is 6.40. The highest BCUT2D eigenvalue weighted by molar-refractivity contribution is 7.84. The first-order valence-corrected chi connectivity index (χ1v) is 7.78. The van der Waals surface area contributed by atoms with E-state index in [0.717, 1.165) is 23.6 Å². The first-order chi connectivity index (χ1) is 9.13. The molecule has 4 nitrogen and oxygen atoms in total. The van der Waals surface area contributed by atoms with E-state index in [4.69, 9.17) is 0 Å². The van der Waals surface area contributed by atoms with Gasteiger partial charge < -0.3 is 4.57 Å². The molecule has 0 radical (unpaired) electrons. The van der Waals surface area contributed by atoms with Gasteiger partial charge in [-0.05, 0) is 18.9 Å². The maximum atomic E-state index is 12.5. The zero-order valence-electron chi connectivity index (χ0n) is 11.5. The van der Waals surface area contributed by atoms with E-state index in [-0.39, 0.29) is 5.25 Å². The molecule has 2 aromatic rings. The summed E-state index contributed by atoms with van der Waals surface area (Å²) in [6, 6.07) is 10.0. The molecule has 0 aliphatic heterocycles. The quantitative estimate of drug-likeness (QED) is 0.843. The molecule has 0 bridgehead atoms. The highest BCUT2D eigenvalue weighted by Crippen LogP contribution is 2.25. The summed E-state index contributed by atoms with van der Waals surface area (Å²) in [5.74, 6) is 2.08. The van der Waals surface area contributed by atoms with Gasteiger partial charge in [0.1, 0.15) is 11.6 Å². The number of aryl methyl sites for hydroxylation is 1. The van der Waals surface area contributed by atoms with Crippen LogP contribution in [-0.2, 0) is 23.6 Å². The van der Waals surface area contributed by atoms with Crippen molar-refractivity contribution in [3.05, 3.63) is 47.5 Å². The summed E-state index contributed by atoms with van der Waals surface area (Å²) in [4.78, 5) is 0. The van der Waals surface area contributed by atoms with Crippen LogP contribution < -0.4 is 0 Å². The van der Waals surface area contributed by atoms with Gasteiger partial charge in [0.05, 0.1) is 11.0 Å². The van der Waals surface area contributed by atoms with Crippen LogP contribution in [0.2, 0.25) is 0 Å². The molecule has 1 aromatic heterocycles. The van der Waals surface area contributed by atoms with Crippen LogP contribution in [0.25, 0.3) is 0 Å². The van der Waals surface area contributed by atoms with Crippen LogP contribution in [0.4, 0.5) is 0 Å². The van der Waals surface area contributed by atoms with Crippen molar-refractivity contribution in [3.8, 4) is 0 Å². The third kappa shape index (κ3) is 3.10. The van der Waals surface area contributed by atoms with Crippen LogP contribution in [0.1, 0.15) is 35.8 Å². The van der Waals surface area contributed by atoms with Crippen LogP contribution in [0.3, 0.4) is 0 Å². The predicted molar refractivity (Wildman–Crippen MR) is 77.1 cm³/mol. The Morgan fingerprint density at radius 3 is 2.47 bits per heavy atom. The molecular formula is C14H19N3OS. The van der Waals surface area contributed by atoms with Crippen molar-refractivity contribution in [1.82, 2.24) is 14.8 Å². The minimum atomic E-state index is -0.980. The summed E-state index contributed by atoms with van der Waals surface area (Å²) < 4.78 is 14.4. The summed E-state index contributed by atoms with van der Waals surface area (Å²) in [6.07, 6.45) is 0.855. The second-order valence-electron chi connectivity index (χ2n) is 4.56. The molecular weight excluding hydrogens is 258 g/mol. The zero-order valence-corrected chi connectivity index (χ0v) is 12.4. The molecule has 102 valence electrons. The van der Waals surface area contributed by atoms with E-state index in [9.17, 15) is 4.21 Å². The van der Waals surface area contributed by atoms with Crippen molar-refractivity contribution in [2.75, 3.05) is 0 Å². The van der Waals surface area contributed by atoms with Gasteiger partial charge in [-0.2, -0.15) is 0 Å². The van der Waals surface area contributed by atoms with Crippen LogP contribution in [0.5, 0.6) is 0 Å². The second-order valence-corrected chi connectivity index (χ2v) is 6.17. The topological polar surface area (TPSA) is 47.8 Å². The molecule has 1 heterocycles. The number of hydrogen-bond acceptors (Lipinski definition) is 3. The van der Waals surface area contributed by atoms with E-state index < -0.39 is 10.8 Å². The molecule has 2 rings (SSSR count). The molecule has 0 fully saturated rings. The number of aromatic nitrogens is 3. The van der Waals surface area contributed by atoms with E-state index in [1.165, 1.54) is 0 Å². The maximum absolute atomic E-state index is 12.5. The van der Waals surface area contributed by atoms with Crippen molar-refractivity contribution in [1.29, 1.82) is 0 Å². The smallest absolute Gasteiger partial charge is 0.145 e. The van der Waals surface area contributed by atoms with Crippen molar-refractivity contribution >= 4 is 10.8 Å². The molecule has 0 aliphatic carbocycles. The molecule has 19 heavy (non-hydrogen) atoms. The standard InChI is InChI=1S/C14H19N3OS/c1-4-13(12-8-6-5-7-9-12)19(18)10-14-16-15-11(2)17(14)3/h5-9,13H,4,10H2,1-3H3/t13-,19-/m0/s1. The Morgan fingerprint density at radius 2 is 1.95 bits per heavy atom. The van der Waals surface area contributed by atoms with Gasteiger partial charge in [-0.3, -0.25) is 4.21 Å². The largest absolute Gasteiger partial charge is 0.318 e. The predicted octanol–water partition coefficient (Wildman–Crippen LogP) is 2.52. The van der Waals surface area contributed by atoms with Crippen molar-refractivity contribution < 1.29 is 4.21 Å². The zero-order chi connectivity index (χ0) is 13.8. The molecule has 0 N–H and O–H groups in total. The number of benzene rings is 1. The lowest BCUT2D eigenvalue weighted by molar-refractivity contribution is 0.664. The minimum Gasteiger partial charge on any atom is -0.318 e. The molecule has 2 atom stereocenters. The molecule has 0 unspecified atom stereocenters. The number of hydrogen-bond donors (Lipinski definition) is 0. The Kier molecular flexibility index (Phi) is 4.47. The lowest BCUT2D eigenvalue weighted by atomic mass is 10.1. The maximum Gasteiger partial charge on any atom is 0.145 e. The fourth-order valence-corrected chi connectivity index (χ4v) is 3.59. The van der Waals surface area contributed by atoms with E-state index in [2.05, 4.69) is 17.1 Å². The summed E-state index contributed by atoms with van der Waals surface area (Å²) >= 11 is 0. The highest BCUT2D eigenvalue weighted by atomic mass is 32.2. The summed E-state index contributed by atoms with van der Waals surface area (Å²) in [6.45, 7) is 3.96. The fourth-order valence-electron chi connectivity index (χ4n) is 2.05. The van der Waals surface area contributed by atoms with E-state index in [1.807, 2.05) is 48.9 Å². The summed E-state index contributed by atoms with van der Waals surface area (Å²) in [7, 11) is 0.928. The van der Waals surface area contributed by atoms with Gasteiger partial charge in [0, 0.05) is 17.8 Å². The molecule has 0 saturated heterocycles. The Labute approximate surface area is 116 Å². The average Bonchev–Trinajstić information content (AvgIpc) is 2.73. The van der Waals surface area contributed by atoms with Crippen molar-refractivity contribution in [2.45, 2.75) is 31.3 Å². The molecule has 0 amide bonds. The first kappa shape index (κ1) is 13.9. The average molecular weight is 277 g/mol. The van der Waals surface area contributed by atoms with Crippen LogP contribution in [0.15, 0.2) is 30.3 Å². The van der Waals surface area contributed by atoms with Gasteiger partial charge in [-0.15, -0.1) is 10.2 Å². The fraction of sp³-hybridized carbons (Fsp3) is 0.429. The Balaban J connectivity index is 2.16. The van der Waals surface area contributed by atoms with Gasteiger partial charge in [-0.1, -0.05) is 37.3 Å². The molecule has 0 aliphatic rings. The number of nitrogens with zero attached hydrogens (tertiary/aromatic N) is 3. The van der Waals surface area contributed by atoms with Crippen LogP contribution in [-0.4, -0.2) is 19.0 Å². The monoisotopic (exact) mass is 277 g/mol. The molecule has 0 spiro atoms. The Morgan fingerprint density at radius 1 is 1.26 bits per heavy atom. The van der Waals surface area contributed by atoms with Crippen molar-refractivity contribution in [2.24, 2.45) is 7.05 Å². The SMILES string of the molecule is CC[C@@H](c1ccccc1)[S@@](=O)Cc1nnc(C)n1C. The number of rotatable bonds is 5. The normalized spacial score (nSPS) is 14.3. The van der Waals surface area contributed by atoms with Crippen LogP contribution >= 0.6 is 0 Å². The van der Waals surface area contributed by atoms with Gasteiger partial charge in [0.25, 0.3) is 0 Å². The van der Waals surface area contributed by atoms with E-state index in [0.29, 0.717) is 5.75 Å². The van der Waals surface area contributed by atoms with Crippen LogP contribution in [0, 0.1) is 6.92 Å². The van der Waals surface area contributed by atoms with E-state index in [1.54, 1.807) is 0 Å². The van der Waals surface area contributed by atoms with Crippen molar-refractivity contribution in [3.63, 3.8) is 0 Å². The lowest BCUT2D eigenvalue weighted by Crippen LogP contribution is -2.11.